The Kier molecular flexibility index (Phi) is 6.85. The molecule has 0 spiro atoms. The number of carbonyl (C=O) groups is 3. The van der Waals surface area contributed by atoms with Gasteiger partial charge in [-0.25, -0.2) is 0 Å². The van der Waals surface area contributed by atoms with Crippen LogP contribution in [-0.4, -0.2) is 58.9 Å². The summed E-state index contributed by atoms with van der Waals surface area (Å²) < 4.78 is 5.57. The molecule has 32 heavy (non-hydrogen) atoms. The van der Waals surface area contributed by atoms with Crippen molar-refractivity contribution in [2.24, 2.45) is 0 Å². The largest absolute Gasteiger partial charge is 0.508 e. The average molecular weight is 437 g/mol. The number of hydrogen-bond donors (Lipinski definition) is 2. The summed E-state index contributed by atoms with van der Waals surface area (Å²) in [4.78, 5) is 40.2. The van der Waals surface area contributed by atoms with E-state index in [4.69, 9.17) is 4.74 Å². The lowest BCUT2D eigenvalue weighted by molar-refractivity contribution is -0.144. The van der Waals surface area contributed by atoms with Crippen molar-refractivity contribution in [2.45, 2.75) is 50.3 Å². The van der Waals surface area contributed by atoms with Gasteiger partial charge in [-0.05, 0) is 42.5 Å². The van der Waals surface area contributed by atoms with E-state index < -0.39 is 12.1 Å². The first kappa shape index (κ1) is 22.0. The van der Waals surface area contributed by atoms with Crippen LogP contribution in [0.5, 0.6) is 5.75 Å². The molecule has 2 aliphatic heterocycles. The molecule has 168 valence electrons. The zero-order valence-corrected chi connectivity index (χ0v) is 17.9. The number of nitrogens with zero attached hydrogens (tertiary/aromatic N) is 1. The van der Waals surface area contributed by atoms with Crippen molar-refractivity contribution in [3.8, 4) is 5.75 Å². The van der Waals surface area contributed by atoms with Crippen LogP contribution in [0.1, 0.15) is 30.4 Å². The Morgan fingerprint density at radius 2 is 1.84 bits per heavy atom. The number of hydrogen-bond acceptors (Lipinski definition) is 5. The number of likely N-dealkylation sites (tertiary alicyclic amines) is 1. The second-order valence-corrected chi connectivity index (χ2v) is 8.41. The molecule has 0 aliphatic carbocycles. The van der Waals surface area contributed by atoms with Crippen LogP contribution in [0.2, 0.25) is 0 Å². The molecular weight excluding hydrogens is 408 g/mol. The van der Waals surface area contributed by atoms with Crippen LogP contribution in [0.25, 0.3) is 0 Å². The Labute approximate surface area is 187 Å². The summed E-state index contributed by atoms with van der Waals surface area (Å²) >= 11 is 0. The first-order chi connectivity index (χ1) is 15.5. The van der Waals surface area contributed by atoms with Crippen molar-refractivity contribution in [3.05, 3.63) is 65.7 Å². The van der Waals surface area contributed by atoms with Gasteiger partial charge in [-0.2, -0.15) is 0 Å². The van der Waals surface area contributed by atoms with Crippen molar-refractivity contribution < 1.29 is 24.2 Å². The highest BCUT2D eigenvalue weighted by Crippen LogP contribution is 2.27. The third kappa shape index (κ3) is 5.16. The maximum Gasteiger partial charge on any atom is 0.246 e. The van der Waals surface area contributed by atoms with E-state index in [1.165, 1.54) is 0 Å². The fourth-order valence-corrected chi connectivity index (χ4v) is 4.47. The molecule has 2 N–H and O–H groups in total. The van der Waals surface area contributed by atoms with E-state index in [0.717, 1.165) is 24.0 Å². The summed E-state index contributed by atoms with van der Waals surface area (Å²) in [6, 6.07) is 14.9. The number of fused-ring (bicyclic) bond motifs is 1. The molecule has 4 rings (SSSR count). The third-order valence-corrected chi connectivity index (χ3v) is 6.12. The van der Waals surface area contributed by atoms with E-state index in [1.54, 1.807) is 29.2 Å². The lowest BCUT2D eigenvalue weighted by Crippen LogP contribution is -2.58. The number of ketones is 1. The zero-order valence-electron chi connectivity index (χ0n) is 17.9. The lowest BCUT2D eigenvalue weighted by Gasteiger charge is -2.37. The van der Waals surface area contributed by atoms with Gasteiger partial charge in [-0.1, -0.05) is 42.5 Å². The molecule has 0 saturated carbocycles. The predicted octanol–water partition coefficient (Wildman–Crippen LogP) is 2.01. The van der Waals surface area contributed by atoms with Gasteiger partial charge in [-0.3, -0.25) is 14.4 Å². The average Bonchev–Trinajstić information content (AvgIpc) is 3.20. The van der Waals surface area contributed by atoms with Crippen LogP contribution in [0, 0.1) is 0 Å². The van der Waals surface area contributed by atoms with Gasteiger partial charge in [0.25, 0.3) is 0 Å². The van der Waals surface area contributed by atoms with Crippen LogP contribution in [0.15, 0.2) is 54.6 Å². The number of carbonyl (C=O) groups excluding carboxylic acids is 3. The maximum atomic E-state index is 13.5. The molecular formula is C25H28N2O5. The number of aryl methyl sites for hydroxylation is 1. The van der Waals surface area contributed by atoms with E-state index in [2.05, 4.69) is 5.32 Å². The lowest BCUT2D eigenvalue weighted by atomic mass is 9.95. The van der Waals surface area contributed by atoms with Gasteiger partial charge in [0.2, 0.25) is 11.8 Å². The fourth-order valence-electron chi connectivity index (χ4n) is 4.47. The molecule has 3 unspecified atom stereocenters. The van der Waals surface area contributed by atoms with Gasteiger partial charge in [0.05, 0.1) is 6.10 Å². The molecule has 0 aromatic heterocycles. The summed E-state index contributed by atoms with van der Waals surface area (Å²) in [6.07, 6.45) is 2.37. The minimum absolute atomic E-state index is 0.0329. The smallest absolute Gasteiger partial charge is 0.246 e. The zero-order chi connectivity index (χ0) is 22.5. The van der Waals surface area contributed by atoms with Crippen molar-refractivity contribution in [1.82, 2.24) is 10.2 Å². The summed E-state index contributed by atoms with van der Waals surface area (Å²) in [5.74, 6) is -0.425. The molecule has 2 aromatic carbocycles. The molecule has 2 aromatic rings. The van der Waals surface area contributed by atoms with Crippen LogP contribution in [0.3, 0.4) is 0 Å². The molecule has 2 saturated heterocycles. The number of amides is 2. The van der Waals surface area contributed by atoms with Gasteiger partial charge in [0, 0.05) is 19.4 Å². The Balaban J connectivity index is 1.48. The molecule has 2 aliphatic rings. The molecule has 0 bridgehead atoms. The molecule has 3 atom stereocenters. The Morgan fingerprint density at radius 1 is 1.09 bits per heavy atom. The van der Waals surface area contributed by atoms with E-state index in [1.807, 2.05) is 30.3 Å². The van der Waals surface area contributed by atoms with Crippen molar-refractivity contribution in [1.29, 1.82) is 0 Å². The number of nitrogens with one attached hydrogen (secondary N) is 1. The summed E-state index contributed by atoms with van der Waals surface area (Å²) in [5.41, 5.74) is 1.86. The number of benzene rings is 2. The van der Waals surface area contributed by atoms with E-state index >= 15 is 0 Å². The highest BCUT2D eigenvalue weighted by Gasteiger charge is 2.45. The minimum Gasteiger partial charge on any atom is -0.508 e. The summed E-state index contributed by atoms with van der Waals surface area (Å²) in [7, 11) is 0. The minimum atomic E-state index is -0.796. The summed E-state index contributed by atoms with van der Waals surface area (Å²) in [5, 5.41) is 12.5. The standard InChI is InChI=1S/C25H28N2O5/c28-19-11-8-18(9-12-19)15-20(26-23(30)13-10-17-5-2-1-3-6-17)25(31)27-14-4-7-22-24(27)21(29)16-32-22/h1-3,5-6,8-9,11-12,20,22,24,28H,4,7,10,13-16H2,(H,26,30). The second kappa shape index (κ2) is 9.96. The van der Waals surface area contributed by atoms with E-state index in [9.17, 15) is 19.5 Å². The molecule has 2 amide bonds. The van der Waals surface area contributed by atoms with Gasteiger partial charge < -0.3 is 20.1 Å². The van der Waals surface area contributed by atoms with Gasteiger partial charge in [0.1, 0.15) is 24.4 Å². The Hall–Kier alpha value is -3.19. The monoisotopic (exact) mass is 436 g/mol. The molecule has 0 radical (unpaired) electrons. The van der Waals surface area contributed by atoms with E-state index in [0.29, 0.717) is 13.0 Å². The fraction of sp³-hybridized carbons (Fsp3) is 0.400. The highest BCUT2D eigenvalue weighted by molar-refractivity contribution is 5.95. The van der Waals surface area contributed by atoms with Crippen molar-refractivity contribution in [2.75, 3.05) is 13.2 Å². The number of phenols is 1. The van der Waals surface area contributed by atoms with Crippen LogP contribution >= 0.6 is 0 Å². The molecule has 7 nitrogen and oxygen atoms in total. The first-order valence-corrected chi connectivity index (χ1v) is 11.1. The van der Waals surface area contributed by atoms with Gasteiger partial charge in [-0.15, -0.1) is 0 Å². The van der Waals surface area contributed by atoms with Crippen LogP contribution in [0.4, 0.5) is 0 Å². The summed E-state index contributed by atoms with van der Waals surface area (Å²) in [6.45, 7) is 0.506. The van der Waals surface area contributed by atoms with Crippen LogP contribution < -0.4 is 5.32 Å². The number of phenolic OH excluding ortho intramolecular Hbond substituents is 1. The molecule has 2 heterocycles. The number of Topliss-reactive ketones (excluding diaryl/α,β-unsaturated/α-hetero) is 1. The SMILES string of the molecule is O=C(CCc1ccccc1)NC(Cc1ccc(O)cc1)C(=O)N1CCCC2OCC(=O)C21. The van der Waals surface area contributed by atoms with Gasteiger partial charge >= 0.3 is 0 Å². The molecule has 7 heteroatoms. The maximum absolute atomic E-state index is 13.5. The number of piperidine rings is 1. The normalized spacial score (nSPS) is 21.1. The first-order valence-electron chi connectivity index (χ1n) is 11.1. The third-order valence-electron chi connectivity index (χ3n) is 6.12. The van der Waals surface area contributed by atoms with Crippen LogP contribution in [-0.2, 0) is 32.0 Å². The number of rotatable bonds is 7. The Morgan fingerprint density at radius 3 is 2.59 bits per heavy atom. The number of aromatic hydroxyl groups is 1. The topological polar surface area (TPSA) is 95.9 Å². The highest BCUT2D eigenvalue weighted by atomic mass is 16.5. The predicted molar refractivity (Wildman–Crippen MR) is 118 cm³/mol. The second-order valence-electron chi connectivity index (χ2n) is 8.41. The van der Waals surface area contributed by atoms with E-state index in [-0.39, 0.29) is 48.9 Å². The Bertz CT molecular complexity index is 960. The number of ether oxygens (including phenoxy) is 1. The van der Waals surface area contributed by atoms with Gasteiger partial charge in [0.15, 0.2) is 5.78 Å². The van der Waals surface area contributed by atoms with Crippen molar-refractivity contribution >= 4 is 17.6 Å². The van der Waals surface area contributed by atoms with Crippen molar-refractivity contribution in [3.63, 3.8) is 0 Å². The molecule has 2 fully saturated rings. The quantitative estimate of drug-likeness (QED) is 0.692.